The summed E-state index contributed by atoms with van der Waals surface area (Å²) >= 11 is 0. The molecule has 1 aliphatic heterocycles. The van der Waals surface area contributed by atoms with E-state index in [-0.39, 0.29) is 17.6 Å². The number of hydrogen-bond acceptors (Lipinski definition) is 4. The molecule has 5 nitrogen and oxygen atoms in total. The van der Waals surface area contributed by atoms with E-state index in [4.69, 9.17) is 9.47 Å². The van der Waals surface area contributed by atoms with Gasteiger partial charge in [0.25, 0.3) is 0 Å². The van der Waals surface area contributed by atoms with Crippen LogP contribution in [0.4, 0.5) is 0 Å². The van der Waals surface area contributed by atoms with Crippen LogP contribution in [0.15, 0.2) is 24.3 Å². The van der Waals surface area contributed by atoms with Crippen molar-refractivity contribution in [2.75, 3.05) is 33.4 Å². The molecule has 1 aliphatic rings. The van der Waals surface area contributed by atoms with Gasteiger partial charge < -0.3 is 14.8 Å². The molecule has 1 atom stereocenters. The molecule has 23 heavy (non-hydrogen) atoms. The van der Waals surface area contributed by atoms with Gasteiger partial charge in [-0.15, -0.1) is 0 Å². The molecule has 5 heteroatoms. The monoisotopic (exact) mass is 320 g/mol. The van der Waals surface area contributed by atoms with Gasteiger partial charge >= 0.3 is 0 Å². The Morgan fingerprint density at radius 3 is 2.87 bits per heavy atom. The predicted molar refractivity (Wildman–Crippen MR) is 90.3 cm³/mol. The molecule has 1 amide bonds. The summed E-state index contributed by atoms with van der Waals surface area (Å²) in [5.74, 6) is 0.0436. The number of methoxy groups -OCH3 is 1. The third-order valence-electron chi connectivity index (χ3n) is 4.01. The maximum Gasteiger partial charge on any atom is 0.234 e. The number of aryl methyl sites for hydroxylation is 1. The minimum absolute atomic E-state index is 0.00733. The van der Waals surface area contributed by atoms with Gasteiger partial charge in [0.15, 0.2) is 0 Å². The number of amides is 1. The van der Waals surface area contributed by atoms with Crippen molar-refractivity contribution in [2.24, 2.45) is 0 Å². The van der Waals surface area contributed by atoms with E-state index < -0.39 is 0 Å². The first kappa shape index (κ1) is 17.9. The molecule has 0 radical (unpaired) electrons. The van der Waals surface area contributed by atoms with Gasteiger partial charge in [-0.05, 0) is 31.9 Å². The van der Waals surface area contributed by atoms with Gasteiger partial charge in [-0.1, -0.05) is 24.3 Å². The highest BCUT2D eigenvalue weighted by molar-refractivity contribution is 5.78. The van der Waals surface area contributed by atoms with E-state index in [0.29, 0.717) is 19.7 Å². The van der Waals surface area contributed by atoms with Gasteiger partial charge in [-0.25, -0.2) is 0 Å². The van der Waals surface area contributed by atoms with E-state index in [1.165, 1.54) is 5.56 Å². The minimum atomic E-state index is -0.266. The van der Waals surface area contributed by atoms with Crippen LogP contribution in [0, 0.1) is 6.92 Å². The molecule has 1 unspecified atom stereocenters. The molecule has 1 N–H and O–H groups in total. The lowest BCUT2D eigenvalue weighted by Gasteiger charge is -2.42. The van der Waals surface area contributed by atoms with Crippen LogP contribution >= 0.6 is 0 Å². The molecule has 0 aromatic heterocycles. The molecule has 2 rings (SSSR count). The summed E-state index contributed by atoms with van der Waals surface area (Å²) in [5, 5.41) is 3.01. The summed E-state index contributed by atoms with van der Waals surface area (Å²) in [5.41, 5.74) is 2.08. The first-order chi connectivity index (χ1) is 10.9. The Balaban J connectivity index is 1.85. The summed E-state index contributed by atoms with van der Waals surface area (Å²) in [4.78, 5) is 14.4. The van der Waals surface area contributed by atoms with Crippen LogP contribution in [0.2, 0.25) is 0 Å². The fraction of sp³-hybridized carbons (Fsp3) is 0.611. The highest BCUT2D eigenvalue weighted by atomic mass is 16.5. The highest BCUT2D eigenvalue weighted by Crippen LogP contribution is 2.20. The summed E-state index contributed by atoms with van der Waals surface area (Å²) < 4.78 is 11.2. The minimum Gasteiger partial charge on any atom is -0.382 e. The molecule has 1 saturated heterocycles. The van der Waals surface area contributed by atoms with Crippen molar-refractivity contribution in [2.45, 2.75) is 39.0 Å². The number of benzene rings is 1. The topological polar surface area (TPSA) is 50.8 Å². The maximum atomic E-state index is 12.2. The van der Waals surface area contributed by atoms with Gasteiger partial charge in [-0.2, -0.15) is 0 Å². The molecule has 1 aromatic rings. The quantitative estimate of drug-likeness (QED) is 0.867. The zero-order valence-electron chi connectivity index (χ0n) is 14.6. The number of ether oxygens (including phenoxy) is 2. The van der Waals surface area contributed by atoms with Crippen LogP contribution in [-0.4, -0.2) is 55.9 Å². The van der Waals surface area contributed by atoms with Crippen molar-refractivity contribution in [1.29, 1.82) is 0 Å². The maximum absolute atomic E-state index is 12.2. The van der Waals surface area contributed by atoms with Crippen LogP contribution < -0.4 is 5.32 Å². The SMILES string of the molecule is COCC1CN(CC(=O)NCc2ccccc2C)CC(C)(C)O1. The Morgan fingerprint density at radius 2 is 2.17 bits per heavy atom. The molecule has 128 valence electrons. The van der Waals surface area contributed by atoms with E-state index in [2.05, 4.69) is 23.2 Å². The molecular weight excluding hydrogens is 292 g/mol. The molecule has 0 bridgehead atoms. The van der Waals surface area contributed by atoms with Crippen LogP contribution in [-0.2, 0) is 20.8 Å². The van der Waals surface area contributed by atoms with Crippen LogP contribution in [0.1, 0.15) is 25.0 Å². The average molecular weight is 320 g/mol. The summed E-state index contributed by atoms with van der Waals surface area (Å²) in [7, 11) is 1.67. The van der Waals surface area contributed by atoms with Crippen LogP contribution in [0.25, 0.3) is 0 Å². The van der Waals surface area contributed by atoms with Crippen molar-refractivity contribution in [3.05, 3.63) is 35.4 Å². The van der Waals surface area contributed by atoms with Gasteiger partial charge in [0.1, 0.15) is 0 Å². The third-order valence-corrected chi connectivity index (χ3v) is 4.01. The first-order valence-electron chi connectivity index (χ1n) is 8.10. The van der Waals surface area contributed by atoms with Crippen molar-refractivity contribution in [3.63, 3.8) is 0 Å². The second-order valence-electron chi connectivity index (χ2n) is 6.83. The number of nitrogens with zero attached hydrogens (tertiary/aromatic N) is 1. The Bertz CT molecular complexity index is 531. The van der Waals surface area contributed by atoms with E-state index in [1.54, 1.807) is 7.11 Å². The summed E-state index contributed by atoms with van der Waals surface area (Å²) in [6.45, 7) is 9.12. The molecule has 1 aromatic carbocycles. The van der Waals surface area contributed by atoms with Crippen LogP contribution in [0.5, 0.6) is 0 Å². The van der Waals surface area contributed by atoms with Crippen LogP contribution in [0.3, 0.4) is 0 Å². The predicted octanol–water partition coefficient (Wildman–Crippen LogP) is 1.74. The first-order valence-corrected chi connectivity index (χ1v) is 8.10. The van der Waals surface area contributed by atoms with Crippen molar-refractivity contribution in [3.8, 4) is 0 Å². The van der Waals surface area contributed by atoms with E-state index >= 15 is 0 Å². The number of carbonyl (C=O) groups is 1. The van der Waals surface area contributed by atoms with E-state index in [9.17, 15) is 4.79 Å². The molecule has 0 spiro atoms. The normalized spacial score (nSPS) is 21.1. The largest absolute Gasteiger partial charge is 0.382 e. The van der Waals surface area contributed by atoms with Crippen molar-refractivity contribution < 1.29 is 14.3 Å². The van der Waals surface area contributed by atoms with Gasteiger partial charge in [0, 0.05) is 26.7 Å². The number of nitrogens with one attached hydrogen (secondary N) is 1. The summed E-state index contributed by atoms with van der Waals surface area (Å²) in [6.07, 6.45) is 0.00733. The lowest BCUT2D eigenvalue weighted by atomic mass is 10.1. The number of carbonyl (C=O) groups excluding carboxylic acids is 1. The second kappa shape index (κ2) is 7.90. The number of hydrogen-bond donors (Lipinski definition) is 1. The molecule has 1 fully saturated rings. The molecule has 0 aliphatic carbocycles. The Morgan fingerprint density at radius 1 is 1.43 bits per heavy atom. The zero-order chi connectivity index (χ0) is 16.9. The molecule has 0 saturated carbocycles. The highest BCUT2D eigenvalue weighted by Gasteiger charge is 2.33. The van der Waals surface area contributed by atoms with Gasteiger partial charge in [0.05, 0.1) is 24.9 Å². The van der Waals surface area contributed by atoms with Gasteiger partial charge in [0.2, 0.25) is 5.91 Å². The fourth-order valence-electron chi connectivity index (χ4n) is 3.07. The van der Waals surface area contributed by atoms with E-state index in [1.807, 2.05) is 32.0 Å². The van der Waals surface area contributed by atoms with Gasteiger partial charge in [-0.3, -0.25) is 9.69 Å². The standard InChI is InChI=1S/C18H28N2O3/c1-14-7-5-6-8-15(14)9-19-17(21)11-20-10-16(12-22-4)23-18(2,3)13-20/h5-8,16H,9-13H2,1-4H3,(H,19,21). The molecule has 1 heterocycles. The lowest BCUT2D eigenvalue weighted by Crippen LogP contribution is -2.55. The number of rotatable bonds is 6. The Kier molecular flexibility index (Phi) is 6.16. The van der Waals surface area contributed by atoms with E-state index in [0.717, 1.165) is 18.7 Å². The zero-order valence-corrected chi connectivity index (χ0v) is 14.6. The van der Waals surface area contributed by atoms with Crippen molar-refractivity contribution in [1.82, 2.24) is 10.2 Å². The average Bonchev–Trinajstić information content (AvgIpc) is 2.45. The third kappa shape index (κ3) is 5.61. The Hall–Kier alpha value is -1.43. The molecular formula is C18H28N2O3. The lowest BCUT2D eigenvalue weighted by molar-refractivity contribution is -0.156. The van der Waals surface area contributed by atoms with Crippen molar-refractivity contribution >= 4 is 5.91 Å². The second-order valence-corrected chi connectivity index (χ2v) is 6.83. The Labute approximate surface area is 139 Å². The number of morpholine rings is 1. The smallest absolute Gasteiger partial charge is 0.234 e. The summed E-state index contributed by atoms with van der Waals surface area (Å²) in [6, 6.07) is 8.10. The fourth-order valence-corrected chi connectivity index (χ4v) is 3.07.